The molecule has 0 aliphatic rings. The summed E-state index contributed by atoms with van der Waals surface area (Å²) >= 11 is 1.89. The third-order valence-corrected chi connectivity index (χ3v) is 19.6. The van der Waals surface area contributed by atoms with Crippen LogP contribution in [0.4, 0.5) is 0 Å². The fourth-order valence-electron chi connectivity index (χ4n) is 14.1. The van der Waals surface area contributed by atoms with Crippen LogP contribution in [0.2, 0.25) is 0 Å². The van der Waals surface area contributed by atoms with Gasteiger partial charge >= 0.3 is 0 Å². The van der Waals surface area contributed by atoms with Crippen LogP contribution in [0.15, 0.2) is 334 Å². The van der Waals surface area contributed by atoms with Crippen molar-refractivity contribution in [2.24, 2.45) is 0 Å². The molecule has 4 heterocycles. The number of hydrogen-bond donors (Lipinski definition) is 0. The Morgan fingerprint density at radius 1 is 0.226 bits per heavy atom. The van der Waals surface area contributed by atoms with E-state index in [1.165, 1.54) is 91.3 Å². The van der Waals surface area contributed by atoms with E-state index in [0.29, 0.717) is 17.6 Å². The predicted molar refractivity (Wildman–Crippen MR) is 393 cm³/mol. The van der Waals surface area contributed by atoms with Crippen molar-refractivity contribution in [1.82, 2.24) is 24.1 Å². The van der Waals surface area contributed by atoms with Gasteiger partial charge in [-0.15, -0.1) is 11.3 Å². The highest BCUT2D eigenvalue weighted by Crippen LogP contribution is 2.45. The molecule has 19 aromatic rings. The summed E-state index contributed by atoms with van der Waals surface area (Å²) in [5, 5.41) is 15.1. The van der Waals surface area contributed by atoms with Crippen molar-refractivity contribution in [1.29, 1.82) is 0 Å². The second-order valence-electron chi connectivity index (χ2n) is 23.8. The molecule has 0 atom stereocenters. The van der Waals surface area contributed by atoms with E-state index in [1.807, 2.05) is 47.7 Å². The Hall–Kier alpha value is -12.1. The maximum absolute atomic E-state index is 5.29. The van der Waals surface area contributed by atoms with Crippen molar-refractivity contribution in [3.05, 3.63) is 334 Å². The van der Waals surface area contributed by atoms with Gasteiger partial charge in [-0.1, -0.05) is 279 Å². The Labute approximate surface area is 540 Å². The summed E-state index contributed by atoms with van der Waals surface area (Å²) in [5.74, 6) is 1.80. The average molecular weight is 1200 g/mol. The number of rotatable bonds is 8. The number of thiophene rings is 1. The van der Waals surface area contributed by atoms with Gasteiger partial charge in [-0.2, -0.15) is 9.97 Å². The summed E-state index contributed by atoms with van der Waals surface area (Å²) in [4.78, 5) is 15.6. The van der Waals surface area contributed by atoms with Crippen LogP contribution in [0.1, 0.15) is 0 Å². The summed E-state index contributed by atoms with van der Waals surface area (Å²) in [5.41, 5.74) is 17.0. The zero-order chi connectivity index (χ0) is 61.3. The van der Waals surface area contributed by atoms with Crippen molar-refractivity contribution in [2.45, 2.75) is 0 Å². The van der Waals surface area contributed by atoms with Crippen LogP contribution < -0.4 is 0 Å². The van der Waals surface area contributed by atoms with Crippen LogP contribution >= 0.6 is 11.3 Å². The molecule has 0 N–H and O–H groups in total. The molecular weight excluding hydrogens is 1150 g/mol. The number of para-hydroxylation sites is 2. The fourth-order valence-corrected chi connectivity index (χ4v) is 15.4. The maximum atomic E-state index is 5.29. The molecule has 0 bridgehead atoms. The van der Waals surface area contributed by atoms with E-state index in [-0.39, 0.29) is 0 Å². The number of nitrogens with zero attached hydrogens (tertiary/aromatic N) is 5. The van der Waals surface area contributed by atoms with Gasteiger partial charge in [0.1, 0.15) is 0 Å². The fraction of sp³-hybridized carbons (Fsp3) is 0. The van der Waals surface area contributed by atoms with E-state index in [2.05, 4.69) is 306 Å². The van der Waals surface area contributed by atoms with E-state index >= 15 is 0 Å². The van der Waals surface area contributed by atoms with Crippen molar-refractivity contribution in [3.8, 4) is 78.9 Å². The summed E-state index contributed by atoms with van der Waals surface area (Å²) in [6.07, 6.45) is 0. The van der Waals surface area contributed by atoms with Crippen LogP contribution in [0.3, 0.4) is 0 Å². The lowest BCUT2D eigenvalue weighted by atomic mass is 9.91. The highest BCUT2D eigenvalue weighted by atomic mass is 32.1. The van der Waals surface area contributed by atoms with Gasteiger partial charge in [-0.3, -0.25) is 4.57 Å². The molecule has 0 aliphatic carbocycles. The lowest BCUT2D eigenvalue weighted by molar-refractivity contribution is 0.953. The minimum absolute atomic E-state index is 0.564. The van der Waals surface area contributed by atoms with Gasteiger partial charge in [-0.05, 0) is 131 Å². The van der Waals surface area contributed by atoms with E-state index < -0.39 is 0 Å². The largest absolute Gasteiger partial charge is 0.307 e. The molecule has 0 amide bonds. The monoisotopic (exact) mass is 1200 g/mol. The Bertz CT molecular complexity index is 6020. The van der Waals surface area contributed by atoms with Gasteiger partial charge in [0.05, 0.1) is 22.1 Å². The summed E-state index contributed by atoms with van der Waals surface area (Å²) in [6, 6.07) is 119. The smallest absolute Gasteiger partial charge is 0.238 e. The molecule has 434 valence electrons. The average Bonchev–Trinajstić information content (AvgIpc) is 1.57. The zero-order valence-corrected chi connectivity index (χ0v) is 51.2. The molecule has 0 unspecified atom stereocenters. The standard InChI is InChI=1S/C51H33N5.C36H22S/c1-5-16-34(17-6-1)37-22-15-23-38(32-37)39-28-31-46-44(33-39)43-30-29-42-41-26-13-14-27-45(41)55(40-24-11-4-12-25-40)47(42)48(43)56(46)51-53-49(35-18-7-2-8-19-35)52-50(54-51)36-20-9-3-10-21-36;1-2-13-29-27(11-1)28-12-3-4-14-30(28)34-22-24(19-20-31(29)34)23-9-7-10-25(21-23)26-16-8-17-33-32-15-5-6-18-35(32)37-36(26)33/h1-33H;1-22H. The summed E-state index contributed by atoms with van der Waals surface area (Å²) in [7, 11) is 0. The first kappa shape index (κ1) is 53.9. The Morgan fingerprint density at radius 2 is 0.634 bits per heavy atom. The van der Waals surface area contributed by atoms with Gasteiger partial charge in [-0.25, -0.2) is 4.98 Å². The van der Waals surface area contributed by atoms with Gasteiger partial charge in [0.15, 0.2) is 11.6 Å². The molecule has 4 aromatic heterocycles. The third-order valence-electron chi connectivity index (χ3n) is 18.4. The van der Waals surface area contributed by atoms with Crippen LogP contribution in [0.25, 0.3) is 175 Å². The lowest BCUT2D eigenvalue weighted by Crippen LogP contribution is -2.07. The minimum Gasteiger partial charge on any atom is -0.307 e. The van der Waals surface area contributed by atoms with Crippen LogP contribution in [-0.4, -0.2) is 24.1 Å². The molecule has 19 rings (SSSR count). The van der Waals surface area contributed by atoms with Gasteiger partial charge < -0.3 is 4.57 Å². The topological polar surface area (TPSA) is 48.5 Å². The maximum Gasteiger partial charge on any atom is 0.238 e. The van der Waals surface area contributed by atoms with Crippen molar-refractivity contribution in [2.75, 3.05) is 0 Å². The van der Waals surface area contributed by atoms with Crippen LogP contribution in [0, 0.1) is 0 Å². The van der Waals surface area contributed by atoms with E-state index in [0.717, 1.165) is 66.2 Å². The number of hydrogen-bond acceptors (Lipinski definition) is 4. The quantitative estimate of drug-likeness (QED) is 0.142. The van der Waals surface area contributed by atoms with Crippen molar-refractivity contribution >= 4 is 107 Å². The zero-order valence-electron chi connectivity index (χ0n) is 50.4. The molecule has 6 heteroatoms. The molecular formula is C87H55N5S. The Morgan fingerprint density at radius 3 is 1.28 bits per heavy atom. The van der Waals surface area contributed by atoms with Crippen LogP contribution in [-0.2, 0) is 0 Å². The number of benzene rings is 15. The second-order valence-corrected chi connectivity index (χ2v) is 24.8. The summed E-state index contributed by atoms with van der Waals surface area (Å²) < 4.78 is 7.35. The molecule has 93 heavy (non-hydrogen) atoms. The Balaban J connectivity index is 0.000000149. The number of fused-ring (bicyclic) bond motifs is 16. The van der Waals surface area contributed by atoms with E-state index in [4.69, 9.17) is 15.0 Å². The molecule has 5 nitrogen and oxygen atoms in total. The number of aromatic nitrogens is 5. The SMILES string of the molecule is c1cc(-c2ccc3c4ccccc4c4ccccc4c3c2)cc(-c2cccc3c2sc2ccccc23)c1.c1ccc(-c2cccc(-c3ccc4c(c3)c3ccc5c6ccccc6n(-c6ccccc6)c5c3n4-c3nc(-c4ccccc4)nc(-c4ccccc4)n3)c2)cc1. The second kappa shape index (κ2) is 22.4. The highest BCUT2D eigenvalue weighted by Gasteiger charge is 2.25. The van der Waals surface area contributed by atoms with Crippen LogP contribution in [0.5, 0.6) is 0 Å². The first-order valence-electron chi connectivity index (χ1n) is 31.6. The van der Waals surface area contributed by atoms with Gasteiger partial charge in [0, 0.05) is 58.5 Å². The molecule has 0 saturated heterocycles. The summed E-state index contributed by atoms with van der Waals surface area (Å²) in [6.45, 7) is 0. The minimum atomic E-state index is 0.564. The molecule has 0 fully saturated rings. The first-order chi connectivity index (χ1) is 46.1. The van der Waals surface area contributed by atoms with E-state index in [1.54, 1.807) is 0 Å². The molecule has 0 spiro atoms. The van der Waals surface area contributed by atoms with E-state index in [9.17, 15) is 0 Å². The highest BCUT2D eigenvalue weighted by molar-refractivity contribution is 7.26. The molecule has 0 radical (unpaired) electrons. The third kappa shape index (κ3) is 9.26. The first-order valence-corrected chi connectivity index (χ1v) is 32.4. The molecule has 0 saturated carbocycles. The molecule has 0 aliphatic heterocycles. The Kier molecular flexibility index (Phi) is 13.0. The predicted octanol–water partition coefficient (Wildman–Crippen LogP) is 23.6. The normalized spacial score (nSPS) is 11.7. The van der Waals surface area contributed by atoms with Crippen molar-refractivity contribution in [3.63, 3.8) is 0 Å². The lowest BCUT2D eigenvalue weighted by Gasteiger charge is -2.13. The van der Waals surface area contributed by atoms with Gasteiger partial charge in [0.25, 0.3) is 0 Å². The molecule has 15 aromatic carbocycles. The van der Waals surface area contributed by atoms with Gasteiger partial charge in [0.2, 0.25) is 5.95 Å². The van der Waals surface area contributed by atoms with Crippen molar-refractivity contribution < 1.29 is 0 Å².